The average Bonchev–Trinajstić information content (AvgIpc) is 2.37. The lowest BCUT2D eigenvalue weighted by atomic mass is 9.79. The molecule has 0 spiro atoms. The summed E-state index contributed by atoms with van der Waals surface area (Å²) >= 11 is 0. The fraction of sp³-hybridized carbons (Fsp3) is 0.474. The molecular formula is C19H25N. The van der Waals surface area contributed by atoms with Gasteiger partial charge in [-0.1, -0.05) is 47.6 Å². The summed E-state index contributed by atoms with van der Waals surface area (Å²) in [5.74, 6) is 0.442. The van der Waals surface area contributed by atoms with Crippen molar-refractivity contribution in [3.05, 3.63) is 53.5 Å². The molecule has 2 rings (SSSR count). The van der Waals surface area contributed by atoms with E-state index >= 15 is 0 Å². The molecule has 0 aliphatic heterocycles. The Bertz CT molecular complexity index is 585. The van der Waals surface area contributed by atoms with Gasteiger partial charge in [-0.25, -0.2) is 0 Å². The summed E-state index contributed by atoms with van der Waals surface area (Å²) in [4.78, 5) is 4.49. The van der Waals surface area contributed by atoms with Crippen LogP contribution >= 0.6 is 0 Å². The summed E-state index contributed by atoms with van der Waals surface area (Å²) in [6, 6.07) is 4.27. The second kappa shape index (κ2) is 5.07. The van der Waals surface area contributed by atoms with Crippen LogP contribution in [0, 0.1) is 11.3 Å². The molecule has 1 unspecified atom stereocenters. The van der Waals surface area contributed by atoms with Crippen molar-refractivity contribution in [3.8, 4) is 0 Å². The second-order valence-electron chi connectivity index (χ2n) is 7.66. The highest BCUT2D eigenvalue weighted by atomic mass is 14.7. The van der Waals surface area contributed by atoms with Gasteiger partial charge >= 0.3 is 0 Å². The molecule has 1 atom stereocenters. The van der Waals surface area contributed by atoms with Gasteiger partial charge in [0.1, 0.15) is 0 Å². The molecule has 0 saturated heterocycles. The van der Waals surface area contributed by atoms with Gasteiger partial charge in [-0.2, -0.15) is 0 Å². The Balaban J connectivity index is 2.36. The van der Waals surface area contributed by atoms with Gasteiger partial charge in [0.25, 0.3) is 0 Å². The zero-order valence-electron chi connectivity index (χ0n) is 13.5. The van der Waals surface area contributed by atoms with E-state index in [0.717, 1.165) is 11.3 Å². The Morgan fingerprint density at radius 3 is 2.30 bits per heavy atom. The number of aromatic nitrogens is 1. The summed E-state index contributed by atoms with van der Waals surface area (Å²) in [5.41, 5.74) is 7.21. The minimum absolute atomic E-state index is 0.147. The van der Waals surface area contributed by atoms with E-state index in [9.17, 15) is 0 Å². The maximum Gasteiger partial charge on any atom is 0.0782 e. The van der Waals surface area contributed by atoms with Crippen LogP contribution < -0.4 is 0 Å². The minimum Gasteiger partial charge on any atom is -0.256 e. The molecule has 1 nitrogen and oxygen atoms in total. The molecule has 1 heterocycles. The highest BCUT2D eigenvalue weighted by Crippen LogP contribution is 2.32. The van der Waals surface area contributed by atoms with Crippen LogP contribution in [0.2, 0.25) is 0 Å². The molecule has 0 N–H and O–H groups in total. The summed E-state index contributed by atoms with van der Waals surface area (Å²) < 4.78 is 0. The van der Waals surface area contributed by atoms with Crippen LogP contribution in [-0.4, -0.2) is 4.98 Å². The molecule has 1 aromatic heterocycles. The summed E-state index contributed by atoms with van der Waals surface area (Å²) in [6.07, 6.45) is 8.48. The van der Waals surface area contributed by atoms with Crippen molar-refractivity contribution in [1.29, 1.82) is 0 Å². The van der Waals surface area contributed by atoms with Gasteiger partial charge < -0.3 is 0 Å². The molecule has 0 aromatic carbocycles. The molecule has 1 aromatic rings. The number of hydrogen-bond donors (Lipinski definition) is 0. The number of allylic oxidation sites excluding steroid dienone is 3. The molecule has 0 fully saturated rings. The third-order valence-corrected chi connectivity index (χ3v) is 3.79. The third kappa shape index (κ3) is 3.29. The number of pyridine rings is 1. The van der Waals surface area contributed by atoms with E-state index in [4.69, 9.17) is 0 Å². The Morgan fingerprint density at radius 1 is 1.10 bits per heavy atom. The quantitative estimate of drug-likeness (QED) is 0.641. The molecule has 106 valence electrons. The molecule has 1 aliphatic rings. The lowest BCUT2D eigenvalue weighted by molar-refractivity contribution is 0.343. The largest absolute Gasteiger partial charge is 0.256 e. The third-order valence-electron chi connectivity index (χ3n) is 3.79. The lowest BCUT2D eigenvalue weighted by Crippen LogP contribution is -2.17. The van der Waals surface area contributed by atoms with Crippen LogP contribution in [-0.2, 0) is 5.41 Å². The predicted octanol–water partition coefficient (Wildman–Crippen LogP) is 5.15. The fourth-order valence-electron chi connectivity index (χ4n) is 2.23. The van der Waals surface area contributed by atoms with Crippen LogP contribution in [0.5, 0.6) is 0 Å². The SMILES string of the molecule is CC(C)(C)c1ccnc(C2=C=CC(C(C)(C)C)C=C2)c1. The Kier molecular flexibility index (Phi) is 3.75. The molecule has 0 amide bonds. The zero-order valence-corrected chi connectivity index (χ0v) is 13.5. The van der Waals surface area contributed by atoms with Gasteiger partial charge in [0.05, 0.1) is 5.69 Å². The van der Waals surface area contributed by atoms with E-state index in [1.807, 2.05) is 6.20 Å². The van der Waals surface area contributed by atoms with Crippen molar-refractivity contribution >= 4 is 5.57 Å². The molecule has 1 heteroatoms. The number of nitrogens with zero attached hydrogens (tertiary/aromatic N) is 1. The molecular weight excluding hydrogens is 242 g/mol. The van der Waals surface area contributed by atoms with E-state index in [-0.39, 0.29) is 10.8 Å². The van der Waals surface area contributed by atoms with Crippen molar-refractivity contribution in [2.45, 2.75) is 47.0 Å². The highest BCUT2D eigenvalue weighted by molar-refractivity contribution is 5.72. The first-order valence-corrected chi connectivity index (χ1v) is 7.30. The zero-order chi connectivity index (χ0) is 15.0. The average molecular weight is 267 g/mol. The molecule has 20 heavy (non-hydrogen) atoms. The van der Waals surface area contributed by atoms with Crippen LogP contribution in [0.25, 0.3) is 5.57 Å². The molecule has 0 bridgehead atoms. The topological polar surface area (TPSA) is 12.9 Å². The van der Waals surface area contributed by atoms with Gasteiger partial charge in [0, 0.05) is 17.7 Å². The lowest BCUT2D eigenvalue weighted by Gasteiger charge is -2.26. The smallest absolute Gasteiger partial charge is 0.0782 e. The van der Waals surface area contributed by atoms with Crippen molar-refractivity contribution in [3.63, 3.8) is 0 Å². The van der Waals surface area contributed by atoms with Gasteiger partial charge in [-0.15, -0.1) is 5.73 Å². The van der Waals surface area contributed by atoms with Gasteiger partial charge in [0.15, 0.2) is 0 Å². The van der Waals surface area contributed by atoms with E-state index in [1.54, 1.807) is 0 Å². The first-order chi connectivity index (χ1) is 9.18. The van der Waals surface area contributed by atoms with Crippen LogP contribution in [0.4, 0.5) is 0 Å². The maximum atomic E-state index is 4.49. The molecule has 0 saturated carbocycles. The number of hydrogen-bond acceptors (Lipinski definition) is 1. The maximum absolute atomic E-state index is 4.49. The van der Waals surface area contributed by atoms with Crippen LogP contribution in [0.3, 0.4) is 0 Å². The Morgan fingerprint density at radius 2 is 1.80 bits per heavy atom. The monoisotopic (exact) mass is 267 g/mol. The summed E-state index contributed by atoms with van der Waals surface area (Å²) in [5, 5.41) is 0. The van der Waals surface area contributed by atoms with Crippen molar-refractivity contribution in [2.75, 3.05) is 0 Å². The van der Waals surface area contributed by atoms with Crippen molar-refractivity contribution in [2.24, 2.45) is 11.3 Å². The second-order valence-corrected chi connectivity index (χ2v) is 7.66. The molecule has 0 radical (unpaired) electrons. The number of rotatable bonds is 1. The Labute approximate surface area is 123 Å². The summed E-state index contributed by atoms with van der Waals surface area (Å²) in [6.45, 7) is 13.4. The van der Waals surface area contributed by atoms with E-state index in [0.29, 0.717) is 5.92 Å². The Hall–Kier alpha value is -1.59. The van der Waals surface area contributed by atoms with E-state index < -0.39 is 0 Å². The van der Waals surface area contributed by atoms with Crippen LogP contribution in [0.15, 0.2) is 42.3 Å². The predicted molar refractivity (Wildman–Crippen MR) is 86.5 cm³/mol. The van der Waals surface area contributed by atoms with E-state index in [2.05, 4.69) is 82.6 Å². The first kappa shape index (κ1) is 14.8. The normalized spacial score (nSPS) is 19.1. The van der Waals surface area contributed by atoms with Gasteiger partial charge in [0.2, 0.25) is 0 Å². The minimum atomic E-state index is 0.147. The first-order valence-electron chi connectivity index (χ1n) is 7.30. The molecule has 1 aliphatic carbocycles. The fourth-order valence-corrected chi connectivity index (χ4v) is 2.23. The van der Waals surface area contributed by atoms with Gasteiger partial charge in [-0.05, 0) is 40.7 Å². The highest BCUT2D eigenvalue weighted by Gasteiger charge is 2.21. The van der Waals surface area contributed by atoms with Crippen molar-refractivity contribution < 1.29 is 0 Å². The van der Waals surface area contributed by atoms with E-state index in [1.165, 1.54) is 5.56 Å². The summed E-state index contributed by atoms with van der Waals surface area (Å²) in [7, 11) is 0. The van der Waals surface area contributed by atoms with Crippen molar-refractivity contribution in [1.82, 2.24) is 4.98 Å². The standard InChI is InChI=1S/C19H25N/c1-18(2,3)15-9-7-14(8-10-15)17-13-16(11-12-20-17)19(4,5)6/h7,9-13,15H,1-6H3. The van der Waals surface area contributed by atoms with Crippen LogP contribution in [0.1, 0.15) is 52.8 Å². The van der Waals surface area contributed by atoms with Gasteiger partial charge in [-0.3, -0.25) is 4.98 Å².